The second kappa shape index (κ2) is 8.11. The average Bonchev–Trinajstić information content (AvgIpc) is 2.37. The molecule has 1 atom stereocenters. The molecule has 102 valence electrons. The molecule has 2 N–H and O–H groups in total. The van der Waals surface area contributed by atoms with Gasteiger partial charge in [0.1, 0.15) is 5.75 Å². The molecule has 3 nitrogen and oxygen atoms in total. The third-order valence-corrected chi connectivity index (χ3v) is 3.13. The van der Waals surface area contributed by atoms with Gasteiger partial charge < -0.3 is 15.4 Å². The molecular weight excluding hydrogens is 224 g/mol. The number of rotatable bonds is 8. The zero-order valence-corrected chi connectivity index (χ0v) is 11.9. The van der Waals surface area contributed by atoms with Gasteiger partial charge in [0.25, 0.3) is 0 Å². The summed E-state index contributed by atoms with van der Waals surface area (Å²) >= 11 is 0. The molecular formula is C15H26N2O. The zero-order chi connectivity index (χ0) is 13.4. The highest BCUT2D eigenvalue weighted by molar-refractivity contribution is 5.27. The molecule has 3 heteroatoms. The number of hydrogen-bond donors (Lipinski definition) is 1. The second-order valence-electron chi connectivity index (χ2n) is 5.02. The predicted octanol–water partition coefficient (Wildman–Crippen LogP) is 2.30. The van der Waals surface area contributed by atoms with Crippen molar-refractivity contribution in [1.82, 2.24) is 4.90 Å². The lowest BCUT2D eigenvalue weighted by molar-refractivity contribution is 0.316. The number of ether oxygens (including phenoxy) is 1. The Hall–Kier alpha value is -1.06. The molecule has 0 spiro atoms. The SMILES string of the molecule is COc1ccc(CCCN(C)CCC(C)N)cc1. The van der Waals surface area contributed by atoms with E-state index in [1.807, 2.05) is 12.1 Å². The van der Waals surface area contributed by atoms with Gasteiger partial charge >= 0.3 is 0 Å². The van der Waals surface area contributed by atoms with Crippen molar-refractivity contribution < 1.29 is 4.74 Å². The summed E-state index contributed by atoms with van der Waals surface area (Å²) in [7, 11) is 3.86. The highest BCUT2D eigenvalue weighted by Crippen LogP contribution is 2.12. The van der Waals surface area contributed by atoms with Gasteiger partial charge in [-0.3, -0.25) is 0 Å². The van der Waals surface area contributed by atoms with Crippen LogP contribution in [-0.2, 0) is 6.42 Å². The van der Waals surface area contributed by atoms with Crippen molar-refractivity contribution in [3.63, 3.8) is 0 Å². The minimum atomic E-state index is 0.300. The van der Waals surface area contributed by atoms with Gasteiger partial charge in [-0.15, -0.1) is 0 Å². The Kier molecular flexibility index (Phi) is 6.76. The first kappa shape index (κ1) is 15.0. The summed E-state index contributed by atoms with van der Waals surface area (Å²) < 4.78 is 5.15. The summed E-state index contributed by atoms with van der Waals surface area (Å²) in [5.74, 6) is 0.924. The monoisotopic (exact) mass is 250 g/mol. The maximum Gasteiger partial charge on any atom is 0.118 e. The van der Waals surface area contributed by atoms with Gasteiger partial charge in [0, 0.05) is 6.04 Å². The molecule has 0 bridgehead atoms. The molecule has 0 aliphatic rings. The van der Waals surface area contributed by atoms with E-state index in [2.05, 4.69) is 31.0 Å². The molecule has 1 unspecified atom stereocenters. The third-order valence-electron chi connectivity index (χ3n) is 3.13. The zero-order valence-electron chi connectivity index (χ0n) is 11.9. The Bertz CT molecular complexity index is 322. The first-order valence-corrected chi connectivity index (χ1v) is 6.69. The normalized spacial score (nSPS) is 12.7. The molecule has 0 heterocycles. The fourth-order valence-electron chi connectivity index (χ4n) is 1.88. The van der Waals surface area contributed by atoms with Gasteiger partial charge in [0.2, 0.25) is 0 Å². The molecule has 1 rings (SSSR count). The molecule has 0 saturated heterocycles. The van der Waals surface area contributed by atoms with Gasteiger partial charge in [-0.05, 0) is 64.0 Å². The summed E-state index contributed by atoms with van der Waals surface area (Å²) in [6.07, 6.45) is 3.37. The van der Waals surface area contributed by atoms with Crippen LogP contribution in [0, 0.1) is 0 Å². The van der Waals surface area contributed by atoms with Crippen LogP contribution in [0.5, 0.6) is 5.75 Å². The predicted molar refractivity (Wildman–Crippen MR) is 77.1 cm³/mol. The minimum Gasteiger partial charge on any atom is -0.497 e. The lowest BCUT2D eigenvalue weighted by Gasteiger charge is -2.17. The number of methoxy groups -OCH3 is 1. The van der Waals surface area contributed by atoms with E-state index < -0.39 is 0 Å². The second-order valence-corrected chi connectivity index (χ2v) is 5.02. The number of aryl methyl sites for hydroxylation is 1. The van der Waals surface area contributed by atoms with Crippen molar-refractivity contribution >= 4 is 0 Å². The van der Waals surface area contributed by atoms with Gasteiger partial charge in [-0.25, -0.2) is 0 Å². The Balaban J connectivity index is 2.20. The van der Waals surface area contributed by atoms with Crippen LogP contribution in [-0.4, -0.2) is 38.2 Å². The highest BCUT2D eigenvalue weighted by atomic mass is 16.5. The standard InChI is InChI=1S/C15H26N2O/c1-13(16)10-12-17(2)11-4-5-14-6-8-15(18-3)9-7-14/h6-9,13H,4-5,10-12,16H2,1-3H3. The average molecular weight is 250 g/mol. The molecule has 0 radical (unpaired) electrons. The number of hydrogen-bond acceptors (Lipinski definition) is 3. The van der Waals surface area contributed by atoms with Crippen LogP contribution in [0.15, 0.2) is 24.3 Å². The van der Waals surface area contributed by atoms with E-state index >= 15 is 0 Å². The Morgan fingerprint density at radius 3 is 2.44 bits per heavy atom. The number of benzene rings is 1. The van der Waals surface area contributed by atoms with Crippen LogP contribution in [0.25, 0.3) is 0 Å². The Labute approximate surface area is 111 Å². The molecule has 0 aromatic heterocycles. The summed E-state index contributed by atoms with van der Waals surface area (Å²) in [6.45, 7) is 4.27. The molecule has 1 aromatic rings. The van der Waals surface area contributed by atoms with Crippen LogP contribution in [0.1, 0.15) is 25.3 Å². The van der Waals surface area contributed by atoms with Crippen molar-refractivity contribution in [2.45, 2.75) is 32.2 Å². The first-order chi connectivity index (χ1) is 8.61. The van der Waals surface area contributed by atoms with E-state index in [4.69, 9.17) is 10.5 Å². The van der Waals surface area contributed by atoms with Gasteiger partial charge in [-0.2, -0.15) is 0 Å². The molecule has 0 saturated carbocycles. The summed E-state index contributed by atoms with van der Waals surface area (Å²) in [4.78, 5) is 2.35. The van der Waals surface area contributed by atoms with Crippen LogP contribution in [0.2, 0.25) is 0 Å². The largest absolute Gasteiger partial charge is 0.497 e. The van der Waals surface area contributed by atoms with Crippen molar-refractivity contribution in [2.24, 2.45) is 5.73 Å². The number of nitrogens with zero attached hydrogens (tertiary/aromatic N) is 1. The lowest BCUT2D eigenvalue weighted by atomic mass is 10.1. The van der Waals surface area contributed by atoms with E-state index in [0.29, 0.717) is 6.04 Å². The first-order valence-electron chi connectivity index (χ1n) is 6.69. The van der Waals surface area contributed by atoms with Gasteiger partial charge in [0.05, 0.1) is 7.11 Å². The smallest absolute Gasteiger partial charge is 0.118 e. The molecule has 0 aliphatic heterocycles. The lowest BCUT2D eigenvalue weighted by Crippen LogP contribution is -2.27. The van der Waals surface area contributed by atoms with Crippen LogP contribution in [0.3, 0.4) is 0 Å². The van der Waals surface area contributed by atoms with Crippen molar-refractivity contribution in [1.29, 1.82) is 0 Å². The van der Waals surface area contributed by atoms with Crippen LogP contribution >= 0.6 is 0 Å². The number of nitrogens with two attached hydrogens (primary N) is 1. The molecule has 0 aliphatic carbocycles. The van der Waals surface area contributed by atoms with Crippen LogP contribution in [0.4, 0.5) is 0 Å². The quantitative estimate of drug-likeness (QED) is 0.769. The van der Waals surface area contributed by atoms with E-state index in [0.717, 1.165) is 31.7 Å². The van der Waals surface area contributed by atoms with Gasteiger partial charge in [0.15, 0.2) is 0 Å². The van der Waals surface area contributed by atoms with E-state index in [-0.39, 0.29) is 0 Å². The van der Waals surface area contributed by atoms with Crippen molar-refractivity contribution in [3.05, 3.63) is 29.8 Å². The van der Waals surface area contributed by atoms with Gasteiger partial charge in [-0.1, -0.05) is 12.1 Å². The van der Waals surface area contributed by atoms with Crippen molar-refractivity contribution in [3.8, 4) is 5.75 Å². The molecule has 18 heavy (non-hydrogen) atoms. The fraction of sp³-hybridized carbons (Fsp3) is 0.600. The van der Waals surface area contributed by atoms with E-state index in [9.17, 15) is 0 Å². The van der Waals surface area contributed by atoms with E-state index in [1.54, 1.807) is 7.11 Å². The third kappa shape index (κ3) is 6.03. The van der Waals surface area contributed by atoms with E-state index in [1.165, 1.54) is 12.0 Å². The van der Waals surface area contributed by atoms with Crippen molar-refractivity contribution in [2.75, 3.05) is 27.2 Å². The topological polar surface area (TPSA) is 38.5 Å². The summed E-state index contributed by atoms with van der Waals surface area (Å²) in [6, 6.07) is 8.63. The molecule has 0 amide bonds. The van der Waals surface area contributed by atoms with Crippen LogP contribution < -0.4 is 10.5 Å². The fourth-order valence-corrected chi connectivity index (χ4v) is 1.88. The minimum absolute atomic E-state index is 0.300. The summed E-state index contributed by atoms with van der Waals surface area (Å²) in [5, 5.41) is 0. The Morgan fingerprint density at radius 1 is 1.22 bits per heavy atom. The maximum absolute atomic E-state index is 5.75. The highest BCUT2D eigenvalue weighted by Gasteiger charge is 2.01. The molecule has 1 aromatic carbocycles. The Morgan fingerprint density at radius 2 is 1.89 bits per heavy atom. The molecule has 0 fully saturated rings. The summed E-state index contributed by atoms with van der Waals surface area (Å²) in [5.41, 5.74) is 7.12. The maximum atomic E-state index is 5.75.